The van der Waals surface area contributed by atoms with Gasteiger partial charge in [0.25, 0.3) is 0 Å². The van der Waals surface area contributed by atoms with Crippen LogP contribution in [0.15, 0.2) is 24.3 Å². The molecule has 1 aliphatic heterocycles. The molecule has 0 unspecified atom stereocenters. The third kappa shape index (κ3) is 3.11. The predicted octanol–water partition coefficient (Wildman–Crippen LogP) is 4.88. The minimum absolute atomic E-state index is 0.0561. The van der Waals surface area contributed by atoms with E-state index in [-0.39, 0.29) is 36.2 Å². The summed E-state index contributed by atoms with van der Waals surface area (Å²) in [4.78, 5) is 0. The van der Waals surface area contributed by atoms with Gasteiger partial charge in [-0.05, 0) is 0 Å². The van der Waals surface area contributed by atoms with E-state index in [0.717, 1.165) is 5.56 Å². The van der Waals surface area contributed by atoms with Crippen molar-refractivity contribution < 1.29 is 9.16 Å². The maximum atomic E-state index is 9.02. The van der Waals surface area contributed by atoms with Crippen molar-refractivity contribution >= 4 is 23.3 Å². The molecule has 1 heterocycles. The van der Waals surface area contributed by atoms with Gasteiger partial charge in [-0.1, -0.05) is 0 Å². The molecule has 0 bridgehead atoms. The summed E-state index contributed by atoms with van der Waals surface area (Å²) in [6.07, 6.45) is -0.0561. The Hall–Kier alpha value is -0.634. The van der Waals surface area contributed by atoms with Crippen LogP contribution >= 0.6 is 0 Å². The Morgan fingerprint density at radius 1 is 1.21 bits per heavy atom. The first-order valence-corrected chi connectivity index (χ1v) is 13.8. The second-order valence-electron chi connectivity index (χ2n) is 8.48. The monoisotopic (exact) mass is 411 g/mol. The van der Waals surface area contributed by atoms with Crippen LogP contribution in [0.5, 0.6) is 0 Å². The van der Waals surface area contributed by atoms with Crippen LogP contribution in [-0.4, -0.2) is 33.4 Å². The molecule has 1 aromatic carbocycles. The number of hydrogen-bond acceptors (Lipinski definition) is 3. The Morgan fingerprint density at radius 3 is 2.12 bits per heavy atom. The first-order valence-electron chi connectivity index (χ1n) is 8.33. The molecule has 0 saturated carbocycles. The Kier molecular flexibility index (Phi) is 5.14. The van der Waals surface area contributed by atoms with E-state index in [1.165, 1.54) is 0 Å². The number of hydrogen-bond donors (Lipinski definition) is 0. The average molecular weight is 410 g/mol. The molecule has 5 heteroatoms. The van der Waals surface area contributed by atoms with E-state index < -0.39 is 8.32 Å². The van der Waals surface area contributed by atoms with Crippen molar-refractivity contribution in [3.05, 3.63) is 35.4 Å². The number of rotatable bonds is 4. The zero-order chi connectivity index (χ0) is 18.4. The number of ether oxygens (including phenoxy) is 1. The molecule has 1 aromatic rings. The third-order valence-corrected chi connectivity index (χ3v) is 13.2. The van der Waals surface area contributed by atoms with Crippen LogP contribution in [0.1, 0.15) is 51.8 Å². The van der Waals surface area contributed by atoms with E-state index in [2.05, 4.69) is 59.6 Å². The van der Waals surface area contributed by atoms with E-state index in [1.807, 2.05) is 24.3 Å². The fourth-order valence-electron chi connectivity index (χ4n) is 2.83. The number of benzene rings is 1. The van der Waals surface area contributed by atoms with Crippen molar-refractivity contribution in [2.45, 2.75) is 74.8 Å². The van der Waals surface area contributed by atoms with Crippen molar-refractivity contribution in [3.8, 4) is 6.07 Å². The van der Waals surface area contributed by atoms with Crippen molar-refractivity contribution in [2.24, 2.45) is 0 Å². The second kappa shape index (κ2) is 6.27. The Morgan fingerprint density at radius 2 is 1.75 bits per heavy atom. The molecule has 0 amide bonds. The molecule has 132 valence electrons. The van der Waals surface area contributed by atoms with Crippen molar-refractivity contribution in [3.63, 3.8) is 0 Å². The molecule has 0 N–H and O–H groups in total. The fraction of sp³-hybridized carbons (Fsp3) is 0.632. The van der Waals surface area contributed by atoms with Crippen LogP contribution in [0.3, 0.4) is 0 Å². The molecular weight excluding hydrogens is 381 g/mol. The van der Waals surface area contributed by atoms with Crippen LogP contribution in [0.2, 0.25) is 24.0 Å². The Bertz CT molecular complexity index is 643. The van der Waals surface area contributed by atoms with Crippen LogP contribution in [-0.2, 0) is 9.16 Å². The molecule has 24 heavy (non-hydrogen) atoms. The van der Waals surface area contributed by atoms with Gasteiger partial charge < -0.3 is 0 Å². The van der Waals surface area contributed by atoms with Gasteiger partial charge in [0, 0.05) is 0 Å². The predicted molar refractivity (Wildman–Crippen MR) is 102 cm³/mol. The second-order valence-corrected chi connectivity index (χ2v) is 15.3. The van der Waals surface area contributed by atoms with Gasteiger partial charge in [0.05, 0.1) is 0 Å². The van der Waals surface area contributed by atoms with E-state index in [9.17, 15) is 0 Å². The molecule has 1 fully saturated rings. The van der Waals surface area contributed by atoms with Gasteiger partial charge >= 0.3 is 154 Å². The van der Waals surface area contributed by atoms with Crippen molar-refractivity contribution in [1.82, 2.24) is 0 Å². The van der Waals surface area contributed by atoms with Crippen LogP contribution in [0.25, 0.3) is 0 Å². The normalized spacial score (nSPS) is 26.5. The molecule has 0 aliphatic carbocycles. The molecule has 2 atom stereocenters. The Balaban J connectivity index is 2.41. The van der Waals surface area contributed by atoms with Crippen molar-refractivity contribution in [1.29, 1.82) is 5.26 Å². The van der Waals surface area contributed by atoms with E-state index in [4.69, 9.17) is 14.4 Å². The van der Waals surface area contributed by atoms with E-state index in [0.29, 0.717) is 5.56 Å². The first kappa shape index (κ1) is 19.7. The van der Waals surface area contributed by atoms with Crippen LogP contribution in [0, 0.1) is 11.3 Å². The zero-order valence-electron chi connectivity index (χ0n) is 16.1. The summed E-state index contributed by atoms with van der Waals surface area (Å²) < 4.78 is 13.0. The van der Waals surface area contributed by atoms with Gasteiger partial charge in [0.15, 0.2) is 0 Å². The molecule has 0 spiro atoms. The molecule has 1 aliphatic rings. The summed E-state index contributed by atoms with van der Waals surface area (Å²) in [6.45, 7) is 15.7. The van der Waals surface area contributed by atoms with Gasteiger partial charge in [-0.15, -0.1) is 0 Å². The maximum absolute atomic E-state index is 9.02. The van der Waals surface area contributed by atoms with Gasteiger partial charge in [0.2, 0.25) is 0 Å². The molecular formula is C19H29NO2SeSi. The third-order valence-electron chi connectivity index (χ3n) is 5.46. The van der Waals surface area contributed by atoms with Crippen molar-refractivity contribution in [2.75, 3.05) is 0 Å². The van der Waals surface area contributed by atoms with Crippen LogP contribution in [0.4, 0.5) is 0 Å². The fourth-order valence-corrected chi connectivity index (χ4v) is 8.14. The SMILES string of the molecule is C[Se][C@@]1(O[Si](C)(C)C(C)(C)C)[C@H](c2ccc(C#N)cc2)OC1(C)C. The number of nitriles is 1. The summed E-state index contributed by atoms with van der Waals surface area (Å²) in [5.41, 5.74) is 1.49. The summed E-state index contributed by atoms with van der Waals surface area (Å²) in [7, 11) is -1.93. The molecule has 1 saturated heterocycles. The van der Waals surface area contributed by atoms with Gasteiger partial charge in [0.1, 0.15) is 0 Å². The first-order chi connectivity index (χ1) is 10.9. The zero-order valence-corrected chi connectivity index (χ0v) is 18.8. The van der Waals surface area contributed by atoms with Crippen LogP contribution < -0.4 is 0 Å². The molecule has 0 aromatic heterocycles. The van der Waals surface area contributed by atoms with Gasteiger partial charge in [-0.3, -0.25) is 0 Å². The summed E-state index contributed by atoms with van der Waals surface area (Å²) in [5, 5.41) is 9.17. The number of nitrogens with zero attached hydrogens (tertiary/aromatic N) is 1. The average Bonchev–Trinajstić information content (AvgIpc) is 2.49. The summed E-state index contributed by atoms with van der Waals surface area (Å²) in [5.74, 6) is 2.25. The molecule has 2 rings (SSSR count). The standard InChI is InChI=1S/C19H29NO2SeSi/c1-17(2,3)24(7,8)22-19(23-6)16(21-18(19,4)5)15-11-9-14(13-20)10-12-15/h9-12,16H,1-8H3/t16-,19-/m0/s1. The minimum atomic E-state index is -1.93. The van der Waals surface area contributed by atoms with Gasteiger partial charge in [-0.2, -0.15) is 0 Å². The topological polar surface area (TPSA) is 42.2 Å². The summed E-state index contributed by atoms with van der Waals surface area (Å²) in [6, 6.07) is 9.92. The van der Waals surface area contributed by atoms with E-state index >= 15 is 0 Å². The van der Waals surface area contributed by atoms with Gasteiger partial charge in [-0.25, -0.2) is 0 Å². The Labute approximate surface area is 154 Å². The molecule has 3 nitrogen and oxygen atoms in total. The summed E-state index contributed by atoms with van der Waals surface area (Å²) >= 11 is 0.267. The van der Waals surface area contributed by atoms with E-state index in [1.54, 1.807) is 0 Å². The quantitative estimate of drug-likeness (QED) is 0.665. The molecule has 0 radical (unpaired) electrons.